The third-order valence-corrected chi connectivity index (χ3v) is 3.90. The lowest BCUT2D eigenvalue weighted by Crippen LogP contribution is -2.09. The van der Waals surface area contributed by atoms with Crippen molar-refractivity contribution in [3.05, 3.63) is 58.1 Å². The first kappa shape index (κ1) is 17.3. The third-order valence-electron chi connectivity index (χ3n) is 3.37. The van der Waals surface area contributed by atoms with E-state index in [1.165, 1.54) is 0 Å². The number of carbonyl (C=O) groups is 1. The molecule has 0 fully saturated rings. The lowest BCUT2D eigenvalue weighted by molar-refractivity contribution is 0.0698. The second-order valence-corrected chi connectivity index (χ2v) is 6.21. The highest BCUT2D eigenvalue weighted by Gasteiger charge is 2.09. The largest absolute Gasteiger partial charge is 0.494 e. The monoisotopic (exact) mass is 377 g/mol. The number of carboxylic acid groups (broad SMARTS) is 1. The van der Waals surface area contributed by atoms with Gasteiger partial charge in [-0.1, -0.05) is 27.6 Å². The first-order valence-corrected chi connectivity index (χ1v) is 8.32. The Balaban J connectivity index is 1.71. The minimum Gasteiger partial charge on any atom is -0.494 e. The Kier molecular flexibility index (Phi) is 6.47. The number of ether oxygens (including phenoxy) is 1. The van der Waals surface area contributed by atoms with Gasteiger partial charge >= 0.3 is 5.97 Å². The highest BCUT2D eigenvalue weighted by atomic mass is 79.9. The van der Waals surface area contributed by atoms with E-state index in [0.717, 1.165) is 28.6 Å². The highest BCUT2D eigenvalue weighted by Crippen LogP contribution is 2.18. The molecule has 2 N–H and O–H groups in total. The Hall–Kier alpha value is -2.01. The van der Waals surface area contributed by atoms with Gasteiger partial charge in [-0.15, -0.1) is 0 Å². The summed E-state index contributed by atoms with van der Waals surface area (Å²) in [5, 5.41) is 12.4. The zero-order valence-corrected chi connectivity index (χ0v) is 14.6. The zero-order chi connectivity index (χ0) is 16.7. The van der Waals surface area contributed by atoms with Crippen molar-refractivity contribution >= 4 is 27.6 Å². The van der Waals surface area contributed by atoms with Crippen molar-refractivity contribution in [1.29, 1.82) is 0 Å². The van der Waals surface area contributed by atoms with Gasteiger partial charge < -0.3 is 15.2 Å². The number of hydrogen-bond acceptors (Lipinski definition) is 3. The van der Waals surface area contributed by atoms with Gasteiger partial charge in [-0.05, 0) is 56.2 Å². The van der Waals surface area contributed by atoms with Gasteiger partial charge in [-0.2, -0.15) is 0 Å². The van der Waals surface area contributed by atoms with Crippen LogP contribution in [0.25, 0.3) is 0 Å². The first-order valence-electron chi connectivity index (χ1n) is 7.52. The number of nitrogens with one attached hydrogen (secondary N) is 1. The maximum Gasteiger partial charge on any atom is 0.337 e. The second kappa shape index (κ2) is 8.58. The highest BCUT2D eigenvalue weighted by molar-refractivity contribution is 9.10. The maximum absolute atomic E-state index is 11.2. The molecule has 23 heavy (non-hydrogen) atoms. The van der Waals surface area contributed by atoms with E-state index in [0.29, 0.717) is 24.4 Å². The number of hydrogen-bond donors (Lipinski definition) is 2. The molecule has 0 aliphatic rings. The molecule has 0 bridgehead atoms. The van der Waals surface area contributed by atoms with Crippen LogP contribution < -0.4 is 10.1 Å². The molecule has 5 heteroatoms. The fraction of sp³-hybridized carbons (Fsp3) is 0.278. The third kappa shape index (κ3) is 5.60. The van der Waals surface area contributed by atoms with Crippen LogP contribution in [0.4, 0.5) is 5.69 Å². The molecule has 0 aliphatic heterocycles. The summed E-state index contributed by atoms with van der Waals surface area (Å²) in [6.45, 7) is 3.24. The molecule has 2 rings (SSSR count). The fourth-order valence-corrected chi connectivity index (χ4v) is 2.42. The van der Waals surface area contributed by atoms with Crippen LogP contribution in [-0.2, 0) is 0 Å². The average molecular weight is 378 g/mol. The molecule has 0 atom stereocenters. The molecule has 122 valence electrons. The normalized spacial score (nSPS) is 10.3. The van der Waals surface area contributed by atoms with Crippen molar-refractivity contribution in [3.63, 3.8) is 0 Å². The Labute approximate surface area is 144 Å². The van der Waals surface area contributed by atoms with E-state index in [1.807, 2.05) is 43.3 Å². The lowest BCUT2D eigenvalue weighted by atomic mass is 10.1. The molecular weight excluding hydrogens is 358 g/mol. The number of anilines is 1. The molecule has 0 radical (unpaired) electrons. The van der Waals surface area contributed by atoms with Gasteiger partial charge in [0.05, 0.1) is 12.2 Å². The van der Waals surface area contributed by atoms with Crippen molar-refractivity contribution in [2.45, 2.75) is 19.8 Å². The van der Waals surface area contributed by atoms with Gasteiger partial charge in [0.25, 0.3) is 0 Å². The van der Waals surface area contributed by atoms with Crippen LogP contribution in [0, 0.1) is 6.92 Å². The van der Waals surface area contributed by atoms with E-state index in [2.05, 4.69) is 21.2 Å². The SMILES string of the molecule is Cc1ccc(NCCCCOc2ccc(Br)cc2)c(C(=O)O)c1. The van der Waals surface area contributed by atoms with Crippen LogP contribution in [0.2, 0.25) is 0 Å². The summed E-state index contributed by atoms with van der Waals surface area (Å²) in [4.78, 5) is 11.2. The number of aryl methyl sites for hydroxylation is 1. The molecule has 0 saturated carbocycles. The minimum absolute atomic E-state index is 0.316. The molecule has 0 spiro atoms. The van der Waals surface area contributed by atoms with Crippen LogP contribution in [-0.4, -0.2) is 24.2 Å². The molecule has 0 amide bonds. The topological polar surface area (TPSA) is 58.6 Å². The van der Waals surface area contributed by atoms with E-state index >= 15 is 0 Å². The van der Waals surface area contributed by atoms with Gasteiger partial charge in [0.15, 0.2) is 0 Å². The predicted molar refractivity (Wildman–Crippen MR) is 95.5 cm³/mol. The smallest absolute Gasteiger partial charge is 0.337 e. The number of carboxylic acids is 1. The molecule has 2 aromatic carbocycles. The Bertz CT molecular complexity index is 656. The fourth-order valence-electron chi connectivity index (χ4n) is 2.16. The van der Waals surface area contributed by atoms with Crippen molar-refractivity contribution in [2.24, 2.45) is 0 Å². The van der Waals surface area contributed by atoms with Gasteiger partial charge in [-0.25, -0.2) is 4.79 Å². The van der Waals surface area contributed by atoms with Crippen molar-refractivity contribution < 1.29 is 14.6 Å². The molecule has 0 unspecified atom stereocenters. The Morgan fingerprint density at radius 3 is 2.61 bits per heavy atom. The number of unbranched alkanes of at least 4 members (excludes halogenated alkanes) is 1. The molecular formula is C18H20BrNO3. The quantitative estimate of drug-likeness (QED) is 0.653. The molecule has 0 saturated heterocycles. The van der Waals surface area contributed by atoms with E-state index < -0.39 is 5.97 Å². The standard InChI is InChI=1S/C18H20BrNO3/c1-13-4-9-17(16(12-13)18(21)22)20-10-2-3-11-23-15-7-5-14(19)6-8-15/h4-9,12,20H,2-3,10-11H2,1H3,(H,21,22). The van der Waals surface area contributed by atoms with Gasteiger partial charge in [0, 0.05) is 16.7 Å². The molecule has 0 heterocycles. The predicted octanol–water partition coefficient (Wildman–Crippen LogP) is 4.73. The molecule has 0 aliphatic carbocycles. The molecule has 2 aromatic rings. The van der Waals surface area contributed by atoms with Crippen LogP contribution in [0.3, 0.4) is 0 Å². The number of halogens is 1. The summed E-state index contributed by atoms with van der Waals surface area (Å²) >= 11 is 3.38. The average Bonchev–Trinajstić information content (AvgIpc) is 2.53. The van der Waals surface area contributed by atoms with Crippen LogP contribution in [0.15, 0.2) is 46.9 Å². The zero-order valence-electron chi connectivity index (χ0n) is 13.0. The minimum atomic E-state index is -0.908. The Morgan fingerprint density at radius 1 is 1.17 bits per heavy atom. The summed E-state index contributed by atoms with van der Waals surface area (Å²) in [5.41, 5.74) is 1.92. The van der Waals surface area contributed by atoms with Gasteiger partial charge in [0.2, 0.25) is 0 Å². The second-order valence-electron chi connectivity index (χ2n) is 5.29. The number of rotatable bonds is 8. The number of benzene rings is 2. The van der Waals surface area contributed by atoms with E-state index in [-0.39, 0.29) is 0 Å². The van der Waals surface area contributed by atoms with Crippen molar-refractivity contribution in [2.75, 3.05) is 18.5 Å². The maximum atomic E-state index is 11.2. The van der Waals surface area contributed by atoms with E-state index in [9.17, 15) is 9.90 Å². The summed E-state index contributed by atoms with van der Waals surface area (Å²) in [5.74, 6) is -0.0531. The summed E-state index contributed by atoms with van der Waals surface area (Å²) in [7, 11) is 0. The van der Waals surface area contributed by atoms with Gasteiger partial charge in [-0.3, -0.25) is 0 Å². The molecule has 0 aromatic heterocycles. The summed E-state index contributed by atoms with van der Waals surface area (Å²) < 4.78 is 6.68. The summed E-state index contributed by atoms with van der Waals surface area (Å²) in [6.07, 6.45) is 1.81. The van der Waals surface area contributed by atoms with Crippen LogP contribution in [0.1, 0.15) is 28.8 Å². The van der Waals surface area contributed by atoms with E-state index in [1.54, 1.807) is 6.07 Å². The van der Waals surface area contributed by atoms with Crippen molar-refractivity contribution in [3.8, 4) is 5.75 Å². The lowest BCUT2D eigenvalue weighted by Gasteiger charge is -2.11. The van der Waals surface area contributed by atoms with E-state index in [4.69, 9.17) is 4.74 Å². The Morgan fingerprint density at radius 2 is 1.91 bits per heavy atom. The summed E-state index contributed by atoms with van der Waals surface area (Å²) in [6, 6.07) is 13.1. The van der Waals surface area contributed by atoms with Crippen molar-refractivity contribution in [1.82, 2.24) is 0 Å². The van der Waals surface area contributed by atoms with Crippen LogP contribution >= 0.6 is 15.9 Å². The molecule has 4 nitrogen and oxygen atoms in total. The van der Waals surface area contributed by atoms with Crippen LogP contribution in [0.5, 0.6) is 5.75 Å². The number of aromatic carboxylic acids is 1. The first-order chi connectivity index (χ1) is 11.1. The van der Waals surface area contributed by atoms with Gasteiger partial charge in [0.1, 0.15) is 5.75 Å².